The van der Waals surface area contributed by atoms with Crippen molar-refractivity contribution < 1.29 is 14.3 Å². The van der Waals surface area contributed by atoms with Crippen molar-refractivity contribution in [3.63, 3.8) is 0 Å². The van der Waals surface area contributed by atoms with Gasteiger partial charge in [-0.15, -0.1) is 0 Å². The molecule has 1 aromatic heterocycles. The molecule has 7 nitrogen and oxygen atoms in total. The summed E-state index contributed by atoms with van der Waals surface area (Å²) in [6.45, 7) is 3.13. The summed E-state index contributed by atoms with van der Waals surface area (Å²) >= 11 is 6.18. The summed E-state index contributed by atoms with van der Waals surface area (Å²) in [5.74, 6) is 1.29. The van der Waals surface area contributed by atoms with Gasteiger partial charge >= 0.3 is 6.03 Å². The molecule has 1 fully saturated rings. The number of carbonyl (C=O) groups is 1. The highest BCUT2D eigenvalue weighted by Gasteiger charge is 2.24. The van der Waals surface area contributed by atoms with Crippen LogP contribution in [0.1, 0.15) is 5.56 Å². The fraction of sp³-hybridized carbons (Fsp3) is 0.368. The van der Waals surface area contributed by atoms with Crippen LogP contribution in [0.5, 0.6) is 11.5 Å². The van der Waals surface area contributed by atoms with Gasteiger partial charge in [0, 0.05) is 57.3 Å². The molecular formula is C19H23ClN4O3. The third-order valence-electron chi connectivity index (χ3n) is 4.55. The zero-order valence-electron chi connectivity index (χ0n) is 15.4. The lowest BCUT2D eigenvalue weighted by Gasteiger charge is -2.36. The SMILES string of the molecule is COc1cc(N2CCN(C(=O)NCc3ccncc3)CC2)c(OC)cc1Cl. The van der Waals surface area contributed by atoms with Gasteiger partial charge in [0.25, 0.3) is 0 Å². The number of nitrogens with zero attached hydrogens (tertiary/aromatic N) is 3. The van der Waals surface area contributed by atoms with Crippen LogP contribution in [-0.2, 0) is 6.54 Å². The van der Waals surface area contributed by atoms with Crippen molar-refractivity contribution >= 4 is 23.3 Å². The van der Waals surface area contributed by atoms with Crippen LogP contribution in [0.15, 0.2) is 36.7 Å². The van der Waals surface area contributed by atoms with Crippen LogP contribution >= 0.6 is 11.6 Å². The van der Waals surface area contributed by atoms with E-state index in [9.17, 15) is 4.79 Å². The number of urea groups is 1. The number of methoxy groups -OCH3 is 2. The minimum Gasteiger partial charge on any atom is -0.495 e. The Labute approximate surface area is 163 Å². The van der Waals surface area contributed by atoms with E-state index in [2.05, 4.69) is 15.2 Å². The molecule has 0 aliphatic carbocycles. The predicted molar refractivity (Wildman–Crippen MR) is 105 cm³/mol. The first-order valence-electron chi connectivity index (χ1n) is 8.70. The van der Waals surface area contributed by atoms with Crippen LogP contribution in [0.2, 0.25) is 5.02 Å². The Bertz CT molecular complexity index is 780. The molecule has 0 spiro atoms. The molecule has 2 amide bonds. The highest BCUT2D eigenvalue weighted by atomic mass is 35.5. The van der Waals surface area contributed by atoms with Crippen LogP contribution in [0.3, 0.4) is 0 Å². The number of carbonyl (C=O) groups excluding carboxylic acids is 1. The van der Waals surface area contributed by atoms with Gasteiger partial charge in [0.15, 0.2) is 0 Å². The summed E-state index contributed by atoms with van der Waals surface area (Å²) in [4.78, 5) is 20.4. The van der Waals surface area contributed by atoms with E-state index in [0.717, 1.165) is 11.3 Å². The van der Waals surface area contributed by atoms with Crippen molar-refractivity contribution in [3.8, 4) is 11.5 Å². The molecule has 1 aliphatic rings. The van der Waals surface area contributed by atoms with Gasteiger partial charge in [0.1, 0.15) is 11.5 Å². The topological polar surface area (TPSA) is 66.9 Å². The number of pyridine rings is 1. The van der Waals surface area contributed by atoms with Crippen molar-refractivity contribution in [3.05, 3.63) is 47.2 Å². The number of nitrogens with one attached hydrogen (secondary N) is 1. The van der Waals surface area contributed by atoms with Crippen LogP contribution in [0, 0.1) is 0 Å². The quantitative estimate of drug-likeness (QED) is 0.850. The number of hydrogen-bond donors (Lipinski definition) is 1. The second-order valence-corrected chi connectivity index (χ2v) is 6.55. The Hall–Kier alpha value is -2.67. The number of hydrogen-bond acceptors (Lipinski definition) is 5. The van der Waals surface area contributed by atoms with Gasteiger partial charge in [-0.25, -0.2) is 4.79 Å². The Morgan fingerprint density at radius 1 is 1.11 bits per heavy atom. The van der Waals surface area contributed by atoms with Gasteiger partial charge in [0.05, 0.1) is 24.9 Å². The second-order valence-electron chi connectivity index (χ2n) is 6.15. The summed E-state index contributed by atoms with van der Waals surface area (Å²) in [5.41, 5.74) is 1.94. The molecule has 3 rings (SSSR count). The normalized spacial score (nSPS) is 14.0. The van der Waals surface area contributed by atoms with E-state index >= 15 is 0 Å². The Kier molecular flexibility index (Phi) is 6.24. The summed E-state index contributed by atoms with van der Waals surface area (Å²) in [5, 5.41) is 3.46. The van der Waals surface area contributed by atoms with E-state index in [1.807, 2.05) is 23.1 Å². The first-order chi connectivity index (χ1) is 13.1. The van der Waals surface area contributed by atoms with Gasteiger partial charge in [-0.1, -0.05) is 11.6 Å². The maximum atomic E-state index is 12.4. The first kappa shape index (κ1) is 19.1. The maximum Gasteiger partial charge on any atom is 0.317 e. The molecule has 1 N–H and O–H groups in total. The molecule has 0 radical (unpaired) electrons. The molecule has 0 atom stereocenters. The molecule has 2 aromatic rings. The molecule has 1 saturated heterocycles. The lowest BCUT2D eigenvalue weighted by molar-refractivity contribution is 0.194. The largest absolute Gasteiger partial charge is 0.495 e. The molecule has 27 heavy (non-hydrogen) atoms. The van der Waals surface area contributed by atoms with Crippen LogP contribution in [0.25, 0.3) is 0 Å². The standard InChI is InChI=1S/C19H23ClN4O3/c1-26-17-12-16(18(27-2)11-15(17)20)23-7-9-24(10-8-23)19(25)22-13-14-3-5-21-6-4-14/h3-6,11-12H,7-10,13H2,1-2H3,(H,22,25). The fourth-order valence-electron chi connectivity index (χ4n) is 3.03. The number of piperazine rings is 1. The third-order valence-corrected chi connectivity index (χ3v) is 4.85. The number of anilines is 1. The van der Waals surface area contributed by atoms with Crippen molar-refractivity contribution in [1.29, 1.82) is 0 Å². The highest BCUT2D eigenvalue weighted by Crippen LogP contribution is 2.38. The minimum absolute atomic E-state index is 0.0629. The third kappa shape index (κ3) is 4.54. The van der Waals surface area contributed by atoms with Crippen LogP contribution in [-0.4, -0.2) is 56.3 Å². The Balaban J connectivity index is 1.59. The molecule has 0 saturated carbocycles. The van der Waals surface area contributed by atoms with E-state index in [1.165, 1.54) is 0 Å². The average Bonchev–Trinajstić information content (AvgIpc) is 2.72. The van der Waals surface area contributed by atoms with Gasteiger partial charge < -0.3 is 24.6 Å². The fourth-order valence-corrected chi connectivity index (χ4v) is 3.26. The predicted octanol–water partition coefficient (Wildman–Crippen LogP) is 2.78. The van der Waals surface area contributed by atoms with Crippen molar-refractivity contribution in [2.45, 2.75) is 6.54 Å². The number of aromatic nitrogens is 1. The van der Waals surface area contributed by atoms with Crippen LogP contribution < -0.4 is 19.7 Å². The van der Waals surface area contributed by atoms with Crippen molar-refractivity contribution in [2.24, 2.45) is 0 Å². The van der Waals surface area contributed by atoms with E-state index in [4.69, 9.17) is 21.1 Å². The summed E-state index contributed by atoms with van der Waals surface area (Å²) in [7, 11) is 3.20. The van der Waals surface area contributed by atoms with Crippen LogP contribution in [0.4, 0.5) is 10.5 Å². The van der Waals surface area contributed by atoms with E-state index < -0.39 is 0 Å². The maximum absolute atomic E-state index is 12.4. The summed E-state index contributed by atoms with van der Waals surface area (Å²) in [6.07, 6.45) is 3.43. The lowest BCUT2D eigenvalue weighted by atomic mass is 10.2. The van der Waals surface area contributed by atoms with Gasteiger partial charge in [0.2, 0.25) is 0 Å². The zero-order chi connectivity index (χ0) is 19.2. The first-order valence-corrected chi connectivity index (χ1v) is 9.08. The van der Waals surface area contributed by atoms with Crippen molar-refractivity contribution in [1.82, 2.24) is 15.2 Å². The Morgan fingerprint density at radius 3 is 2.41 bits per heavy atom. The zero-order valence-corrected chi connectivity index (χ0v) is 16.2. The average molecular weight is 391 g/mol. The molecule has 0 bridgehead atoms. The molecule has 8 heteroatoms. The van der Waals surface area contributed by atoms with Crippen molar-refractivity contribution in [2.75, 3.05) is 45.3 Å². The highest BCUT2D eigenvalue weighted by molar-refractivity contribution is 6.32. The molecule has 1 aliphatic heterocycles. The van der Waals surface area contributed by atoms with E-state index in [1.54, 1.807) is 32.7 Å². The lowest BCUT2D eigenvalue weighted by Crippen LogP contribution is -2.51. The smallest absolute Gasteiger partial charge is 0.317 e. The number of ether oxygens (including phenoxy) is 2. The number of benzene rings is 1. The second kappa shape index (κ2) is 8.81. The Morgan fingerprint density at radius 2 is 1.78 bits per heavy atom. The monoisotopic (exact) mass is 390 g/mol. The number of amides is 2. The molecular weight excluding hydrogens is 368 g/mol. The summed E-state index contributed by atoms with van der Waals surface area (Å²) in [6, 6.07) is 7.34. The number of rotatable bonds is 5. The molecule has 1 aromatic carbocycles. The molecule has 2 heterocycles. The van der Waals surface area contributed by atoms with Gasteiger partial charge in [-0.3, -0.25) is 4.98 Å². The minimum atomic E-state index is -0.0629. The van der Waals surface area contributed by atoms with Gasteiger partial charge in [-0.2, -0.15) is 0 Å². The van der Waals surface area contributed by atoms with E-state index in [-0.39, 0.29) is 6.03 Å². The molecule has 144 valence electrons. The number of halogens is 1. The molecule has 0 unspecified atom stereocenters. The van der Waals surface area contributed by atoms with E-state index in [0.29, 0.717) is 49.2 Å². The summed E-state index contributed by atoms with van der Waals surface area (Å²) < 4.78 is 10.8. The van der Waals surface area contributed by atoms with Gasteiger partial charge in [-0.05, 0) is 17.7 Å².